The summed E-state index contributed by atoms with van der Waals surface area (Å²) in [4.78, 5) is 11.8. The smallest absolute Gasteiger partial charge is 0.247 e. The van der Waals surface area contributed by atoms with Gasteiger partial charge < -0.3 is 15.4 Å². The van der Waals surface area contributed by atoms with Crippen LogP contribution in [0.15, 0.2) is 18.2 Å². The van der Waals surface area contributed by atoms with Gasteiger partial charge in [0.05, 0.1) is 11.8 Å². The molecule has 2 N–H and O–H groups in total. The number of carbonyl (C=O) groups is 1. The van der Waals surface area contributed by atoms with E-state index in [2.05, 4.69) is 10.6 Å². The summed E-state index contributed by atoms with van der Waals surface area (Å²) in [6.07, 6.45) is 0.850. The highest BCUT2D eigenvalue weighted by Gasteiger charge is 2.26. The Kier molecular flexibility index (Phi) is 3.22. The molecule has 0 radical (unpaired) electrons. The summed E-state index contributed by atoms with van der Waals surface area (Å²) in [5.41, 5.74) is 1.67. The van der Waals surface area contributed by atoms with E-state index in [1.807, 2.05) is 39.0 Å². The van der Waals surface area contributed by atoms with Gasteiger partial charge in [0.15, 0.2) is 0 Å². The van der Waals surface area contributed by atoms with Crippen LogP contribution in [0.25, 0.3) is 0 Å². The largest absolute Gasteiger partial charge is 0.489 e. The average Bonchev–Trinajstić information content (AvgIpc) is 2.28. The van der Waals surface area contributed by atoms with E-state index >= 15 is 0 Å². The SMILES string of the molecule is CCC1Nc2cccc(OC(C)C)c2NC1=O. The molecule has 1 heterocycles. The Morgan fingerprint density at radius 2 is 2.18 bits per heavy atom. The topological polar surface area (TPSA) is 50.4 Å². The summed E-state index contributed by atoms with van der Waals surface area (Å²) < 4.78 is 5.68. The minimum atomic E-state index is -0.156. The molecule has 17 heavy (non-hydrogen) atoms. The number of benzene rings is 1. The first-order chi connectivity index (χ1) is 8.11. The number of rotatable bonds is 3. The standard InChI is InChI=1S/C13H18N2O2/c1-4-9-13(16)15-12-10(14-9)6-5-7-11(12)17-8(2)3/h5-9,14H,4H2,1-3H3,(H,15,16). The van der Waals surface area contributed by atoms with Crippen molar-refractivity contribution in [2.45, 2.75) is 39.3 Å². The number of para-hydroxylation sites is 1. The van der Waals surface area contributed by atoms with Crippen molar-refractivity contribution in [3.05, 3.63) is 18.2 Å². The minimum absolute atomic E-state index is 0.000180. The van der Waals surface area contributed by atoms with Crippen LogP contribution in [0.1, 0.15) is 27.2 Å². The van der Waals surface area contributed by atoms with Crippen molar-refractivity contribution >= 4 is 17.3 Å². The van der Waals surface area contributed by atoms with Crippen LogP contribution in [-0.4, -0.2) is 18.1 Å². The lowest BCUT2D eigenvalue weighted by molar-refractivity contribution is -0.117. The lowest BCUT2D eigenvalue weighted by Gasteiger charge is -2.27. The molecule has 0 fully saturated rings. The van der Waals surface area contributed by atoms with Crippen molar-refractivity contribution in [1.29, 1.82) is 0 Å². The molecule has 0 bridgehead atoms. The molecule has 4 nitrogen and oxygen atoms in total. The van der Waals surface area contributed by atoms with Crippen LogP contribution in [-0.2, 0) is 4.79 Å². The summed E-state index contributed by atoms with van der Waals surface area (Å²) in [5.74, 6) is 0.715. The van der Waals surface area contributed by atoms with Crippen molar-refractivity contribution in [3.63, 3.8) is 0 Å². The minimum Gasteiger partial charge on any atom is -0.489 e. The Labute approximate surface area is 101 Å². The molecule has 0 spiro atoms. The van der Waals surface area contributed by atoms with E-state index < -0.39 is 0 Å². The van der Waals surface area contributed by atoms with E-state index in [0.717, 1.165) is 17.8 Å². The average molecular weight is 234 g/mol. The first kappa shape index (κ1) is 11.8. The number of nitrogens with one attached hydrogen (secondary N) is 2. The molecule has 1 atom stereocenters. The molecule has 1 aliphatic rings. The van der Waals surface area contributed by atoms with Crippen molar-refractivity contribution < 1.29 is 9.53 Å². The van der Waals surface area contributed by atoms with Gasteiger partial charge in [-0.3, -0.25) is 4.79 Å². The zero-order chi connectivity index (χ0) is 12.4. The molecule has 1 aromatic rings. The molecule has 0 aromatic heterocycles. The van der Waals surface area contributed by atoms with E-state index in [1.54, 1.807) is 0 Å². The van der Waals surface area contributed by atoms with Crippen molar-refractivity contribution in [2.24, 2.45) is 0 Å². The number of ether oxygens (including phenoxy) is 1. The van der Waals surface area contributed by atoms with Crippen LogP contribution in [0, 0.1) is 0 Å². The summed E-state index contributed by atoms with van der Waals surface area (Å²) in [7, 11) is 0. The molecule has 1 unspecified atom stereocenters. The second-order valence-corrected chi connectivity index (χ2v) is 4.44. The maximum Gasteiger partial charge on any atom is 0.247 e. The number of anilines is 2. The molecule has 2 rings (SSSR count). The second kappa shape index (κ2) is 4.65. The number of hydrogen-bond donors (Lipinski definition) is 2. The lowest BCUT2D eigenvalue weighted by Crippen LogP contribution is -2.38. The van der Waals surface area contributed by atoms with Crippen LogP contribution < -0.4 is 15.4 Å². The van der Waals surface area contributed by atoms with Crippen LogP contribution in [0.4, 0.5) is 11.4 Å². The van der Waals surface area contributed by atoms with E-state index in [4.69, 9.17) is 4.74 Å². The Balaban J connectivity index is 2.33. The maximum absolute atomic E-state index is 11.8. The molecule has 1 aromatic carbocycles. The van der Waals surface area contributed by atoms with Crippen LogP contribution >= 0.6 is 0 Å². The van der Waals surface area contributed by atoms with Gasteiger partial charge in [-0.2, -0.15) is 0 Å². The normalized spacial score (nSPS) is 18.4. The highest BCUT2D eigenvalue weighted by molar-refractivity contribution is 6.04. The number of hydrogen-bond acceptors (Lipinski definition) is 3. The molecule has 1 amide bonds. The zero-order valence-electron chi connectivity index (χ0n) is 10.4. The molecule has 0 saturated heterocycles. The fraction of sp³-hybridized carbons (Fsp3) is 0.462. The number of fused-ring (bicyclic) bond motifs is 1. The summed E-state index contributed by atoms with van der Waals surface area (Å²) in [6.45, 7) is 5.91. The van der Waals surface area contributed by atoms with E-state index in [-0.39, 0.29) is 18.1 Å². The molecule has 0 aliphatic carbocycles. The zero-order valence-corrected chi connectivity index (χ0v) is 10.4. The molecule has 92 valence electrons. The van der Waals surface area contributed by atoms with Crippen molar-refractivity contribution in [2.75, 3.05) is 10.6 Å². The number of carbonyl (C=O) groups excluding carboxylic acids is 1. The van der Waals surface area contributed by atoms with Gasteiger partial charge in [0.25, 0.3) is 0 Å². The summed E-state index contributed by atoms with van der Waals surface area (Å²) in [5, 5.41) is 6.13. The molecule has 1 aliphatic heterocycles. The molecular formula is C13H18N2O2. The predicted molar refractivity (Wildman–Crippen MR) is 68.5 cm³/mol. The lowest BCUT2D eigenvalue weighted by atomic mass is 10.1. The summed E-state index contributed by atoms with van der Waals surface area (Å²) in [6, 6.07) is 5.59. The molecule has 0 saturated carbocycles. The quantitative estimate of drug-likeness (QED) is 0.845. The van der Waals surface area contributed by atoms with E-state index in [0.29, 0.717) is 5.75 Å². The van der Waals surface area contributed by atoms with Gasteiger partial charge in [0.1, 0.15) is 17.5 Å². The third-order valence-corrected chi connectivity index (χ3v) is 2.69. The maximum atomic E-state index is 11.8. The van der Waals surface area contributed by atoms with Crippen LogP contribution in [0.2, 0.25) is 0 Å². The first-order valence-corrected chi connectivity index (χ1v) is 5.99. The van der Waals surface area contributed by atoms with Gasteiger partial charge in [-0.1, -0.05) is 13.0 Å². The Morgan fingerprint density at radius 3 is 2.82 bits per heavy atom. The van der Waals surface area contributed by atoms with Gasteiger partial charge in [-0.25, -0.2) is 0 Å². The van der Waals surface area contributed by atoms with Crippen LogP contribution in [0.3, 0.4) is 0 Å². The second-order valence-electron chi connectivity index (χ2n) is 4.44. The number of amides is 1. The first-order valence-electron chi connectivity index (χ1n) is 5.99. The Bertz CT molecular complexity index is 429. The van der Waals surface area contributed by atoms with Crippen molar-refractivity contribution in [1.82, 2.24) is 0 Å². The van der Waals surface area contributed by atoms with Crippen molar-refractivity contribution in [3.8, 4) is 5.75 Å². The predicted octanol–water partition coefficient (Wildman–Crippen LogP) is 2.62. The van der Waals surface area contributed by atoms with E-state index in [1.165, 1.54) is 0 Å². The third-order valence-electron chi connectivity index (χ3n) is 2.69. The molecular weight excluding hydrogens is 216 g/mol. The fourth-order valence-electron chi connectivity index (χ4n) is 1.88. The monoisotopic (exact) mass is 234 g/mol. The van der Waals surface area contributed by atoms with Gasteiger partial charge >= 0.3 is 0 Å². The van der Waals surface area contributed by atoms with E-state index in [9.17, 15) is 4.79 Å². The third kappa shape index (κ3) is 2.35. The van der Waals surface area contributed by atoms with Crippen LogP contribution in [0.5, 0.6) is 5.75 Å². The highest BCUT2D eigenvalue weighted by atomic mass is 16.5. The summed E-state index contributed by atoms with van der Waals surface area (Å²) >= 11 is 0. The van der Waals surface area contributed by atoms with Gasteiger partial charge in [0.2, 0.25) is 5.91 Å². The molecule has 4 heteroatoms. The highest BCUT2D eigenvalue weighted by Crippen LogP contribution is 2.36. The van der Waals surface area contributed by atoms with Gasteiger partial charge in [-0.15, -0.1) is 0 Å². The van der Waals surface area contributed by atoms with Gasteiger partial charge in [-0.05, 0) is 32.4 Å². The Hall–Kier alpha value is -1.71. The Morgan fingerprint density at radius 1 is 1.41 bits per heavy atom. The fourth-order valence-corrected chi connectivity index (χ4v) is 1.88. The van der Waals surface area contributed by atoms with Gasteiger partial charge in [0, 0.05) is 0 Å².